The van der Waals surface area contributed by atoms with Crippen molar-refractivity contribution in [1.82, 2.24) is 0 Å². The molecule has 354 valence electrons. The summed E-state index contributed by atoms with van der Waals surface area (Å²) in [6.07, 6.45) is 6.98. The summed E-state index contributed by atoms with van der Waals surface area (Å²) < 4.78 is 34.6. The molecule has 2 rings (SSSR count). The molecule has 2 unspecified atom stereocenters. The van der Waals surface area contributed by atoms with E-state index < -0.39 is 54.3 Å². The highest BCUT2D eigenvalue weighted by atomic mass is 32.1. The summed E-state index contributed by atoms with van der Waals surface area (Å²) in [5, 5.41) is 51.5. The van der Waals surface area contributed by atoms with Gasteiger partial charge in [0, 0.05) is 39.0 Å². The summed E-state index contributed by atoms with van der Waals surface area (Å²) >= 11 is 8.52. The number of halogens is 3. The van der Waals surface area contributed by atoms with Crippen molar-refractivity contribution in [1.29, 1.82) is 0 Å². The fraction of sp³-hybridized carbons (Fsp3) is 0.700. The predicted octanol–water partition coefficient (Wildman–Crippen LogP) is 10.7. The molecule has 1 aromatic heterocycles. The molecule has 2 atom stereocenters. The molecule has 0 aliphatic heterocycles. The SMILES string of the molecule is C1CCCC1.CC(=O)O.CC(C)CC(=O)O.CC(CC(=O)O)C(F)(F)F.CCC(=O)S.CCC(C)CC(=O)O.CCCC(=O)O.CCCC(=O)S.O=C(O)Cc1ccsc1. The number of hydrogen-bond acceptors (Lipinski definition) is 9. The number of alkyl halides is 3. The number of rotatable bonds is 14. The van der Waals surface area contributed by atoms with E-state index in [-0.39, 0.29) is 29.0 Å². The quantitative estimate of drug-likeness (QED) is 0.0808. The molecule has 20 heteroatoms. The molecule has 0 spiro atoms. The standard InChI is InChI=1S/C6H6O2S.C6H12O2.C5H7F3O2.C5H10O2.C5H10.C4H8O2.C4H8OS.C3H6OS.C2H4O2/c7-6(8)3-5-1-2-9-4-5;1-3-5(2)4-6(7)8;1-3(2-4(9)10)5(6,7)8;1-4(2)3-5(6)7;1-2-4-5-3-1;2*1-2-3-4(5)6;1-2-3(4)5;1-2(3)4/h1-2,4H,3H2,(H,7,8);5H,3-4H2,1-2H3,(H,7,8);3H,2H2,1H3,(H,9,10);4H,3H2,1-2H3,(H,6,7);1-5H2;2*2-3H2,1H3,(H,5,6);2H2,1H3,(H,4,5);1H3,(H,3,4). The van der Waals surface area contributed by atoms with Gasteiger partial charge in [0.15, 0.2) is 10.2 Å². The molecule has 1 aliphatic rings. The third-order valence-electron chi connectivity index (χ3n) is 6.26. The number of carbonyl (C=O) groups is 8. The fourth-order valence-corrected chi connectivity index (χ4v) is 3.94. The van der Waals surface area contributed by atoms with Crippen molar-refractivity contribution in [3.8, 4) is 0 Å². The average Bonchev–Trinajstić information content (AvgIpc) is 3.82. The summed E-state index contributed by atoms with van der Waals surface area (Å²) in [4.78, 5) is 77.8. The van der Waals surface area contributed by atoms with Crippen molar-refractivity contribution in [2.75, 3.05) is 0 Å². The minimum absolute atomic E-state index is 0.0162. The van der Waals surface area contributed by atoms with Gasteiger partial charge in [0.1, 0.15) is 0 Å². The highest BCUT2D eigenvalue weighted by Gasteiger charge is 2.37. The average molecular weight is 929 g/mol. The Balaban J connectivity index is -0.000000107. The molecule has 0 radical (unpaired) electrons. The van der Waals surface area contributed by atoms with E-state index in [4.69, 9.17) is 35.4 Å². The summed E-state index contributed by atoms with van der Waals surface area (Å²) in [6, 6.07) is 1.82. The van der Waals surface area contributed by atoms with Crippen LogP contribution in [0.4, 0.5) is 13.2 Å². The molecule has 1 aliphatic carbocycles. The monoisotopic (exact) mass is 928 g/mol. The Morgan fingerprint density at radius 3 is 1.15 bits per heavy atom. The summed E-state index contributed by atoms with van der Waals surface area (Å²) in [5.74, 6) is -6.31. The van der Waals surface area contributed by atoms with Crippen molar-refractivity contribution in [2.24, 2.45) is 17.8 Å². The second-order valence-corrected chi connectivity index (χ2v) is 14.9. The van der Waals surface area contributed by atoms with E-state index in [0.717, 1.165) is 38.7 Å². The van der Waals surface area contributed by atoms with Crippen LogP contribution in [-0.4, -0.2) is 82.9 Å². The number of thiol groups is 2. The van der Waals surface area contributed by atoms with Gasteiger partial charge >= 0.3 is 36.0 Å². The van der Waals surface area contributed by atoms with Crippen molar-refractivity contribution in [3.63, 3.8) is 0 Å². The molecule has 0 aromatic carbocycles. The fourth-order valence-electron chi connectivity index (χ4n) is 3.05. The van der Waals surface area contributed by atoms with Gasteiger partial charge < -0.3 is 30.6 Å². The van der Waals surface area contributed by atoms with Crippen LogP contribution >= 0.6 is 36.6 Å². The van der Waals surface area contributed by atoms with Crippen LogP contribution in [0.5, 0.6) is 0 Å². The van der Waals surface area contributed by atoms with Crippen LogP contribution in [0.2, 0.25) is 0 Å². The number of aliphatic carboxylic acids is 6. The third kappa shape index (κ3) is 95.0. The van der Waals surface area contributed by atoms with Crippen molar-refractivity contribution in [3.05, 3.63) is 22.4 Å². The Hall–Kier alpha value is -3.65. The van der Waals surface area contributed by atoms with E-state index in [0.29, 0.717) is 31.6 Å². The van der Waals surface area contributed by atoms with Gasteiger partial charge in [-0.05, 0) is 47.1 Å². The lowest BCUT2D eigenvalue weighted by Gasteiger charge is -2.11. The molecule has 14 nitrogen and oxygen atoms in total. The molecule has 1 fully saturated rings. The van der Waals surface area contributed by atoms with E-state index in [1.165, 1.54) is 43.4 Å². The number of thiophene rings is 1. The maximum absolute atomic E-state index is 11.5. The second kappa shape index (κ2) is 49.7. The van der Waals surface area contributed by atoms with Crippen LogP contribution in [0.1, 0.15) is 158 Å². The Morgan fingerprint density at radius 1 is 0.650 bits per heavy atom. The molecule has 60 heavy (non-hydrogen) atoms. The zero-order chi connectivity index (χ0) is 48.9. The largest absolute Gasteiger partial charge is 0.481 e. The maximum Gasteiger partial charge on any atom is 0.392 e. The zero-order valence-corrected chi connectivity index (χ0v) is 39.1. The van der Waals surface area contributed by atoms with Gasteiger partial charge in [-0.3, -0.25) is 38.4 Å². The lowest BCUT2D eigenvalue weighted by molar-refractivity contribution is -0.178. The number of carboxylic acids is 6. The smallest absolute Gasteiger partial charge is 0.392 e. The highest BCUT2D eigenvalue weighted by Crippen LogP contribution is 2.27. The molecule has 0 bridgehead atoms. The summed E-state index contributed by atoms with van der Waals surface area (Å²) in [6.45, 7) is 15.2. The number of carboxylic acid groups (broad SMARTS) is 6. The second-order valence-electron chi connectivity index (χ2n) is 13.2. The van der Waals surface area contributed by atoms with Gasteiger partial charge in [-0.2, -0.15) is 24.5 Å². The van der Waals surface area contributed by atoms with Gasteiger partial charge in [0.25, 0.3) is 5.97 Å². The van der Waals surface area contributed by atoms with E-state index in [1.807, 2.05) is 58.4 Å². The van der Waals surface area contributed by atoms with Crippen LogP contribution in [0, 0.1) is 17.8 Å². The van der Waals surface area contributed by atoms with Crippen LogP contribution in [-0.2, 0) is 44.8 Å². The molecule has 6 N–H and O–H groups in total. The first-order valence-corrected chi connectivity index (χ1v) is 21.1. The van der Waals surface area contributed by atoms with Gasteiger partial charge in [0.05, 0.1) is 18.8 Å². The van der Waals surface area contributed by atoms with Crippen LogP contribution in [0.15, 0.2) is 16.8 Å². The van der Waals surface area contributed by atoms with E-state index in [9.17, 15) is 46.7 Å². The normalized spacial score (nSPS) is 11.4. The number of carbonyl (C=O) groups excluding carboxylic acids is 2. The zero-order valence-electron chi connectivity index (χ0n) is 36.5. The van der Waals surface area contributed by atoms with Gasteiger partial charge in [0.2, 0.25) is 0 Å². The molecule has 1 heterocycles. The lowest BCUT2D eigenvalue weighted by atomic mass is 10.1. The third-order valence-corrected chi connectivity index (χ3v) is 7.53. The molecule has 0 saturated heterocycles. The predicted molar refractivity (Wildman–Crippen MR) is 234 cm³/mol. The Labute approximate surface area is 368 Å². The Bertz CT molecular complexity index is 1210. The minimum atomic E-state index is -4.39. The van der Waals surface area contributed by atoms with E-state index >= 15 is 0 Å². The minimum Gasteiger partial charge on any atom is -0.481 e. The first kappa shape index (κ1) is 70.9. The topological polar surface area (TPSA) is 258 Å². The van der Waals surface area contributed by atoms with Gasteiger partial charge in [-0.15, -0.1) is 25.3 Å². The highest BCUT2D eigenvalue weighted by molar-refractivity contribution is 7.96. The molecular weight excluding hydrogens is 858 g/mol. The maximum atomic E-state index is 11.5. The van der Waals surface area contributed by atoms with Crippen LogP contribution < -0.4 is 0 Å². The Kier molecular flexibility index (Phi) is 58.7. The summed E-state index contributed by atoms with van der Waals surface area (Å²) in [5.41, 5.74) is 0.882. The van der Waals surface area contributed by atoms with Crippen molar-refractivity contribution in [2.45, 2.75) is 165 Å². The lowest BCUT2D eigenvalue weighted by Crippen LogP contribution is -2.22. The molecule has 1 aromatic rings. The number of hydrogen-bond donors (Lipinski definition) is 8. The van der Waals surface area contributed by atoms with Crippen LogP contribution in [0.25, 0.3) is 0 Å². The molecule has 0 amide bonds. The van der Waals surface area contributed by atoms with Crippen molar-refractivity contribution >= 4 is 82.6 Å². The van der Waals surface area contributed by atoms with E-state index in [2.05, 4.69) is 25.3 Å². The Morgan fingerprint density at radius 2 is 1.03 bits per heavy atom. The first-order valence-electron chi connectivity index (χ1n) is 19.3. The first-order chi connectivity index (χ1) is 27.5. The van der Waals surface area contributed by atoms with E-state index in [1.54, 1.807) is 6.92 Å². The van der Waals surface area contributed by atoms with Crippen molar-refractivity contribution < 1.29 is 82.2 Å². The van der Waals surface area contributed by atoms with Gasteiger partial charge in [-0.25, -0.2) is 0 Å². The molecular formula is C40H71F3O14S3. The van der Waals surface area contributed by atoms with Crippen LogP contribution in [0.3, 0.4) is 0 Å². The molecule has 1 saturated carbocycles. The summed E-state index contributed by atoms with van der Waals surface area (Å²) in [7, 11) is 0. The van der Waals surface area contributed by atoms with Gasteiger partial charge in [-0.1, -0.05) is 93.9 Å².